The quantitative estimate of drug-likeness (QED) is 0.316. The van der Waals surface area contributed by atoms with Crippen LogP contribution in [0.4, 0.5) is 5.69 Å². The lowest BCUT2D eigenvalue weighted by molar-refractivity contribution is -0.113. The number of anilines is 1. The van der Waals surface area contributed by atoms with E-state index in [1.54, 1.807) is 30.3 Å². The Hall–Kier alpha value is -2.61. The summed E-state index contributed by atoms with van der Waals surface area (Å²) < 4.78 is 12.4. The number of nitrogens with zero attached hydrogens (tertiary/aromatic N) is 1. The fourth-order valence-electron chi connectivity index (χ4n) is 3.21. The SMILES string of the molecule is CCc1ccccc1N1C(=O)/C(=C\c2ccc(COc3ccc(Br)cc3Cl)o2)NC1=S. The molecule has 0 saturated carbocycles. The minimum absolute atomic E-state index is 0.209. The zero-order valence-electron chi connectivity index (χ0n) is 16.5. The predicted octanol–water partition coefficient (Wildman–Crippen LogP) is 6.10. The van der Waals surface area contributed by atoms with Crippen molar-refractivity contribution in [2.45, 2.75) is 20.0 Å². The first-order valence-corrected chi connectivity index (χ1v) is 11.2. The monoisotopic (exact) mass is 516 g/mol. The van der Waals surface area contributed by atoms with Crippen molar-refractivity contribution < 1.29 is 13.9 Å². The minimum Gasteiger partial charge on any atom is -0.484 e. The maximum Gasteiger partial charge on any atom is 0.281 e. The van der Waals surface area contributed by atoms with E-state index in [1.807, 2.05) is 37.3 Å². The van der Waals surface area contributed by atoms with E-state index < -0.39 is 0 Å². The van der Waals surface area contributed by atoms with E-state index in [1.165, 1.54) is 4.90 Å². The molecule has 0 atom stereocenters. The normalized spacial score (nSPS) is 14.9. The molecule has 1 fully saturated rings. The van der Waals surface area contributed by atoms with Crippen molar-refractivity contribution in [2.75, 3.05) is 4.90 Å². The molecule has 1 N–H and O–H groups in total. The smallest absolute Gasteiger partial charge is 0.281 e. The van der Waals surface area contributed by atoms with Gasteiger partial charge in [0.05, 0.1) is 10.7 Å². The molecule has 2 heterocycles. The lowest BCUT2D eigenvalue weighted by Gasteiger charge is -2.17. The first-order chi connectivity index (χ1) is 15.0. The Labute approximate surface area is 198 Å². The Morgan fingerprint density at radius 1 is 1.23 bits per heavy atom. The number of aryl methyl sites for hydroxylation is 1. The van der Waals surface area contributed by atoms with Crippen LogP contribution in [0.1, 0.15) is 24.0 Å². The maximum absolute atomic E-state index is 13.0. The second-order valence-electron chi connectivity index (χ2n) is 6.78. The van der Waals surface area contributed by atoms with Crippen LogP contribution in [0, 0.1) is 0 Å². The summed E-state index contributed by atoms with van der Waals surface area (Å²) in [6, 6.07) is 16.7. The van der Waals surface area contributed by atoms with Gasteiger partial charge in [0, 0.05) is 10.5 Å². The van der Waals surface area contributed by atoms with Gasteiger partial charge in [-0.05, 0) is 60.6 Å². The number of hydrogen-bond donors (Lipinski definition) is 1. The van der Waals surface area contributed by atoms with Crippen molar-refractivity contribution in [3.8, 4) is 5.75 Å². The van der Waals surface area contributed by atoms with Crippen LogP contribution in [0.25, 0.3) is 6.08 Å². The molecular weight excluding hydrogens is 500 g/mol. The van der Waals surface area contributed by atoms with Crippen LogP contribution in [0.3, 0.4) is 0 Å². The van der Waals surface area contributed by atoms with Crippen LogP contribution < -0.4 is 15.0 Å². The van der Waals surface area contributed by atoms with Crippen molar-refractivity contribution in [1.82, 2.24) is 5.32 Å². The molecule has 4 rings (SSSR count). The minimum atomic E-state index is -0.221. The molecule has 0 aliphatic carbocycles. The van der Waals surface area contributed by atoms with E-state index in [9.17, 15) is 4.79 Å². The molecule has 0 bridgehead atoms. The third-order valence-electron chi connectivity index (χ3n) is 4.72. The Morgan fingerprint density at radius 2 is 2.03 bits per heavy atom. The van der Waals surface area contributed by atoms with Crippen LogP contribution in [0.15, 0.2) is 69.2 Å². The highest BCUT2D eigenvalue weighted by molar-refractivity contribution is 9.10. The molecule has 2 aromatic carbocycles. The number of thiocarbonyl (C=S) groups is 1. The third kappa shape index (κ3) is 4.69. The number of carbonyl (C=O) groups is 1. The molecule has 1 saturated heterocycles. The summed E-state index contributed by atoms with van der Waals surface area (Å²) >= 11 is 14.9. The molecule has 3 aromatic rings. The number of hydrogen-bond acceptors (Lipinski definition) is 4. The number of nitrogens with one attached hydrogen (secondary N) is 1. The third-order valence-corrected chi connectivity index (χ3v) is 5.80. The summed E-state index contributed by atoms with van der Waals surface area (Å²) in [5, 5.41) is 3.84. The van der Waals surface area contributed by atoms with Gasteiger partial charge in [-0.15, -0.1) is 0 Å². The average molecular weight is 518 g/mol. The molecule has 0 spiro atoms. The van der Waals surface area contributed by atoms with Crippen LogP contribution in [-0.2, 0) is 17.8 Å². The van der Waals surface area contributed by atoms with Crippen molar-refractivity contribution in [3.63, 3.8) is 0 Å². The van der Waals surface area contributed by atoms with Gasteiger partial charge in [-0.2, -0.15) is 0 Å². The van der Waals surface area contributed by atoms with Gasteiger partial charge in [0.15, 0.2) is 5.11 Å². The summed E-state index contributed by atoms with van der Waals surface area (Å²) in [7, 11) is 0. The van der Waals surface area contributed by atoms with E-state index in [2.05, 4.69) is 21.2 Å². The molecule has 158 valence electrons. The van der Waals surface area contributed by atoms with Gasteiger partial charge < -0.3 is 14.5 Å². The van der Waals surface area contributed by atoms with Crippen molar-refractivity contribution >= 4 is 62.5 Å². The molecule has 1 aliphatic rings. The van der Waals surface area contributed by atoms with E-state index in [-0.39, 0.29) is 12.5 Å². The summed E-state index contributed by atoms with van der Waals surface area (Å²) in [6.07, 6.45) is 2.44. The zero-order chi connectivity index (χ0) is 22.0. The molecule has 1 aliphatic heterocycles. The molecule has 31 heavy (non-hydrogen) atoms. The molecule has 1 aromatic heterocycles. The Balaban J connectivity index is 1.49. The number of benzene rings is 2. The summed E-state index contributed by atoms with van der Waals surface area (Å²) in [5.74, 6) is 1.46. The number of carbonyl (C=O) groups excluding carboxylic acids is 1. The lowest BCUT2D eigenvalue weighted by Crippen LogP contribution is -2.31. The van der Waals surface area contributed by atoms with E-state index >= 15 is 0 Å². The fraction of sp³-hybridized carbons (Fsp3) is 0.130. The zero-order valence-corrected chi connectivity index (χ0v) is 19.7. The van der Waals surface area contributed by atoms with Gasteiger partial charge in [-0.3, -0.25) is 9.69 Å². The fourth-order valence-corrected chi connectivity index (χ4v) is 4.23. The van der Waals surface area contributed by atoms with Crippen LogP contribution in [0.5, 0.6) is 5.75 Å². The largest absolute Gasteiger partial charge is 0.484 e. The van der Waals surface area contributed by atoms with E-state index in [4.69, 9.17) is 33.0 Å². The molecule has 1 amide bonds. The van der Waals surface area contributed by atoms with Crippen LogP contribution in [0.2, 0.25) is 5.02 Å². The van der Waals surface area contributed by atoms with Gasteiger partial charge in [0.2, 0.25) is 0 Å². The van der Waals surface area contributed by atoms with Gasteiger partial charge >= 0.3 is 0 Å². The second-order valence-corrected chi connectivity index (χ2v) is 8.49. The van der Waals surface area contributed by atoms with Gasteiger partial charge in [-0.1, -0.05) is 52.7 Å². The molecule has 5 nitrogen and oxygen atoms in total. The number of ether oxygens (including phenoxy) is 1. The van der Waals surface area contributed by atoms with Gasteiger partial charge in [0.1, 0.15) is 29.6 Å². The Bertz CT molecular complexity index is 1190. The number of para-hydroxylation sites is 1. The highest BCUT2D eigenvalue weighted by Crippen LogP contribution is 2.29. The molecular formula is C23H18BrClN2O3S. The lowest BCUT2D eigenvalue weighted by atomic mass is 10.1. The van der Waals surface area contributed by atoms with Crippen LogP contribution in [-0.4, -0.2) is 11.0 Å². The summed E-state index contributed by atoms with van der Waals surface area (Å²) in [4.78, 5) is 14.5. The number of rotatable bonds is 6. The van der Waals surface area contributed by atoms with Crippen molar-refractivity contribution in [1.29, 1.82) is 0 Å². The summed E-state index contributed by atoms with van der Waals surface area (Å²) in [5.41, 5.74) is 2.19. The summed E-state index contributed by atoms with van der Waals surface area (Å²) in [6.45, 7) is 2.25. The maximum atomic E-state index is 13.0. The topological polar surface area (TPSA) is 54.7 Å². The standard InChI is InChI=1S/C23H18BrClN2O3S/c1-2-14-5-3-4-6-20(14)27-22(28)19(26-23(27)31)12-16-8-9-17(30-16)13-29-21-10-7-15(24)11-18(21)25/h3-12H,2,13H2,1H3,(H,26,31)/b19-12+. The van der Waals surface area contributed by atoms with Crippen LogP contribution >= 0.6 is 39.7 Å². The van der Waals surface area contributed by atoms with E-state index in [0.29, 0.717) is 33.1 Å². The molecule has 8 heteroatoms. The Morgan fingerprint density at radius 3 is 2.81 bits per heavy atom. The molecule has 0 unspecified atom stereocenters. The molecule has 0 radical (unpaired) electrons. The first-order valence-electron chi connectivity index (χ1n) is 9.58. The Kier molecular flexibility index (Phi) is 6.46. The first kappa shape index (κ1) is 21.6. The number of furan rings is 1. The van der Waals surface area contributed by atoms with Crippen molar-refractivity contribution in [3.05, 3.63) is 86.9 Å². The second kappa shape index (κ2) is 9.26. The van der Waals surface area contributed by atoms with E-state index in [0.717, 1.165) is 22.1 Å². The predicted molar refractivity (Wildman–Crippen MR) is 129 cm³/mol. The van der Waals surface area contributed by atoms with Gasteiger partial charge in [0.25, 0.3) is 5.91 Å². The average Bonchev–Trinajstić information content (AvgIpc) is 3.31. The van der Waals surface area contributed by atoms with Crippen molar-refractivity contribution in [2.24, 2.45) is 0 Å². The number of halogens is 2. The number of amides is 1. The highest BCUT2D eigenvalue weighted by atomic mass is 79.9. The highest BCUT2D eigenvalue weighted by Gasteiger charge is 2.33. The van der Waals surface area contributed by atoms with Gasteiger partial charge in [-0.25, -0.2) is 0 Å².